The number of alkyl halides is 1. The number of carbonyl (C=O) groups excluding carboxylic acids is 2. The largest absolute Gasteiger partial charge is 0.326 e. The van der Waals surface area contributed by atoms with E-state index in [2.05, 4.69) is 26.6 Å². The summed E-state index contributed by atoms with van der Waals surface area (Å²) in [6.45, 7) is 3.80. The fourth-order valence-corrected chi connectivity index (χ4v) is 2.85. The lowest BCUT2D eigenvalue weighted by Crippen LogP contribution is -2.26. The maximum atomic E-state index is 11.9. The lowest BCUT2D eigenvalue weighted by Gasteiger charge is -2.15. The molecule has 4 nitrogen and oxygen atoms in total. The summed E-state index contributed by atoms with van der Waals surface area (Å²) in [7, 11) is 0. The van der Waals surface area contributed by atoms with Gasteiger partial charge in [-0.1, -0.05) is 28.4 Å². The molecule has 1 aromatic rings. The predicted molar refractivity (Wildman–Crippen MR) is 89.0 cm³/mol. The molecule has 0 saturated carbocycles. The van der Waals surface area contributed by atoms with Gasteiger partial charge in [0.15, 0.2) is 0 Å². The van der Waals surface area contributed by atoms with Crippen LogP contribution in [0.3, 0.4) is 0 Å². The molecule has 114 valence electrons. The van der Waals surface area contributed by atoms with Crippen molar-refractivity contribution in [1.29, 1.82) is 0 Å². The molecule has 1 aromatic carbocycles. The standard InChI is InChI=1S/C16H21BrN2O2/c1-16(2)12-8-7-11(10-13(12)19-15(16)21)18-14(20)6-4-3-5-9-17/h7-8,10H,3-6,9H2,1-2H3,(H,18,20)(H,19,21). The van der Waals surface area contributed by atoms with Crippen molar-refractivity contribution in [3.8, 4) is 0 Å². The van der Waals surface area contributed by atoms with Gasteiger partial charge in [0.25, 0.3) is 0 Å². The third-order valence-corrected chi connectivity index (χ3v) is 4.39. The minimum absolute atomic E-state index is 0.00394. The quantitative estimate of drug-likeness (QED) is 0.604. The van der Waals surface area contributed by atoms with E-state index in [0.717, 1.165) is 41.5 Å². The number of hydrogen-bond acceptors (Lipinski definition) is 2. The second-order valence-corrected chi connectivity index (χ2v) is 6.68. The molecule has 0 fully saturated rings. The minimum atomic E-state index is -0.506. The van der Waals surface area contributed by atoms with Gasteiger partial charge >= 0.3 is 0 Å². The molecule has 1 aliphatic rings. The molecule has 21 heavy (non-hydrogen) atoms. The fourth-order valence-electron chi connectivity index (χ4n) is 2.45. The number of benzene rings is 1. The Hall–Kier alpha value is -1.36. The molecule has 0 radical (unpaired) electrons. The maximum Gasteiger partial charge on any atom is 0.234 e. The van der Waals surface area contributed by atoms with Crippen LogP contribution in [0.4, 0.5) is 11.4 Å². The number of amides is 2. The van der Waals surface area contributed by atoms with Crippen LogP contribution >= 0.6 is 15.9 Å². The van der Waals surface area contributed by atoms with Crippen molar-refractivity contribution in [3.63, 3.8) is 0 Å². The Morgan fingerprint density at radius 1 is 1.29 bits per heavy atom. The molecule has 1 heterocycles. The number of halogens is 1. The summed E-state index contributed by atoms with van der Waals surface area (Å²) < 4.78 is 0. The maximum absolute atomic E-state index is 11.9. The fraction of sp³-hybridized carbons (Fsp3) is 0.500. The van der Waals surface area contributed by atoms with Gasteiger partial charge in [-0.3, -0.25) is 9.59 Å². The third-order valence-electron chi connectivity index (χ3n) is 3.83. The number of nitrogens with one attached hydrogen (secondary N) is 2. The zero-order chi connectivity index (χ0) is 15.5. The van der Waals surface area contributed by atoms with Gasteiger partial charge in [0.05, 0.1) is 5.41 Å². The highest BCUT2D eigenvalue weighted by atomic mass is 79.9. The first-order valence-corrected chi connectivity index (χ1v) is 8.39. The molecule has 0 bridgehead atoms. The van der Waals surface area contributed by atoms with Crippen LogP contribution in [0.15, 0.2) is 18.2 Å². The van der Waals surface area contributed by atoms with Crippen LogP contribution in [0.5, 0.6) is 0 Å². The van der Waals surface area contributed by atoms with Crippen molar-refractivity contribution in [2.75, 3.05) is 16.0 Å². The first-order chi connectivity index (χ1) is 9.95. The van der Waals surface area contributed by atoms with Crippen LogP contribution in [0.1, 0.15) is 45.1 Å². The van der Waals surface area contributed by atoms with Gasteiger partial charge in [0.1, 0.15) is 0 Å². The van der Waals surface area contributed by atoms with E-state index in [1.807, 2.05) is 32.0 Å². The summed E-state index contributed by atoms with van der Waals surface area (Å²) in [5.74, 6) is 0.0175. The molecule has 0 saturated heterocycles. The van der Waals surface area contributed by atoms with Crippen molar-refractivity contribution in [2.45, 2.75) is 44.9 Å². The molecule has 0 aromatic heterocycles. The summed E-state index contributed by atoms with van der Waals surface area (Å²) >= 11 is 3.38. The minimum Gasteiger partial charge on any atom is -0.326 e. The first kappa shape index (κ1) is 16.0. The Labute approximate surface area is 133 Å². The van der Waals surface area contributed by atoms with E-state index < -0.39 is 5.41 Å². The third kappa shape index (κ3) is 3.64. The van der Waals surface area contributed by atoms with Crippen molar-refractivity contribution in [2.24, 2.45) is 0 Å². The van der Waals surface area contributed by atoms with E-state index in [4.69, 9.17) is 0 Å². The molecule has 1 aliphatic heterocycles. The molecule has 0 spiro atoms. The number of carbonyl (C=O) groups is 2. The Kier molecular flexibility index (Phi) is 5.04. The van der Waals surface area contributed by atoms with E-state index in [1.54, 1.807) is 0 Å². The van der Waals surface area contributed by atoms with Gasteiger partial charge in [-0.2, -0.15) is 0 Å². The van der Waals surface area contributed by atoms with Crippen molar-refractivity contribution in [3.05, 3.63) is 23.8 Å². The zero-order valence-electron chi connectivity index (χ0n) is 12.5. The van der Waals surface area contributed by atoms with E-state index in [1.165, 1.54) is 0 Å². The molecule has 2 N–H and O–H groups in total. The van der Waals surface area contributed by atoms with Crippen molar-refractivity contribution < 1.29 is 9.59 Å². The Morgan fingerprint density at radius 2 is 2.05 bits per heavy atom. The summed E-state index contributed by atoms with van der Waals surface area (Å²) in [6.07, 6.45) is 3.56. The van der Waals surface area contributed by atoms with Crippen LogP contribution in [-0.4, -0.2) is 17.1 Å². The Morgan fingerprint density at radius 3 is 2.76 bits per heavy atom. The van der Waals surface area contributed by atoms with Gasteiger partial charge in [0.2, 0.25) is 11.8 Å². The van der Waals surface area contributed by atoms with E-state index in [-0.39, 0.29) is 11.8 Å². The zero-order valence-corrected chi connectivity index (χ0v) is 14.0. The topological polar surface area (TPSA) is 58.2 Å². The molecule has 0 atom stereocenters. The van der Waals surface area contributed by atoms with Crippen LogP contribution in [0.25, 0.3) is 0 Å². The second-order valence-electron chi connectivity index (χ2n) is 5.89. The summed E-state index contributed by atoms with van der Waals surface area (Å²) in [4.78, 5) is 23.7. The van der Waals surface area contributed by atoms with Crippen molar-refractivity contribution >= 4 is 39.1 Å². The molecule has 0 aliphatic carbocycles. The molecule has 5 heteroatoms. The van der Waals surface area contributed by atoms with E-state index >= 15 is 0 Å². The number of unbranched alkanes of at least 4 members (excludes halogenated alkanes) is 2. The number of hydrogen-bond donors (Lipinski definition) is 2. The summed E-state index contributed by atoms with van der Waals surface area (Å²) in [5.41, 5.74) is 2.00. The normalized spacial score (nSPS) is 15.5. The Bertz CT molecular complexity index is 555. The second kappa shape index (κ2) is 6.60. The molecule has 2 amide bonds. The number of fused-ring (bicyclic) bond motifs is 1. The highest BCUT2D eigenvalue weighted by molar-refractivity contribution is 9.09. The average molecular weight is 353 g/mol. The first-order valence-electron chi connectivity index (χ1n) is 7.27. The number of rotatable bonds is 6. The van der Waals surface area contributed by atoms with E-state index in [0.29, 0.717) is 6.42 Å². The summed E-state index contributed by atoms with van der Waals surface area (Å²) in [6, 6.07) is 5.60. The lowest BCUT2D eigenvalue weighted by atomic mass is 9.86. The summed E-state index contributed by atoms with van der Waals surface area (Å²) in [5, 5.41) is 6.74. The van der Waals surface area contributed by atoms with Crippen molar-refractivity contribution in [1.82, 2.24) is 0 Å². The van der Waals surface area contributed by atoms with Crippen LogP contribution in [0, 0.1) is 0 Å². The molecular weight excluding hydrogens is 332 g/mol. The predicted octanol–water partition coefficient (Wildman–Crippen LogP) is 3.81. The molecule has 2 rings (SSSR count). The highest BCUT2D eigenvalue weighted by Crippen LogP contribution is 2.38. The average Bonchev–Trinajstić information content (AvgIpc) is 2.65. The molecular formula is C16H21BrN2O2. The monoisotopic (exact) mass is 352 g/mol. The van der Waals surface area contributed by atoms with Gasteiger partial charge in [-0.15, -0.1) is 0 Å². The lowest BCUT2D eigenvalue weighted by molar-refractivity contribution is -0.119. The van der Waals surface area contributed by atoms with Crippen LogP contribution in [0.2, 0.25) is 0 Å². The van der Waals surface area contributed by atoms with Crippen LogP contribution < -0.4 is 10.6 Å². The van der Waals surface area contributed by atoms with Gasteiger partial charge in [-0.25, -0.2) is 0 Å². The van der Waals surface area contributed by atoms with E-state index in [9.17, 15) is 9.59 Å². The van der Waals surface area contributed by atoms with Crippen LogP contribution in [-0.2, 0) is 15.0 Å². The van der Waals surface area contributed by atoms with Gasteiger partial charge < -0.3 is 10.6 Å². The highest BCUT2D eigenvalue weighted by Gasteiger charge is 2.38. The van der Waals surface area contributed by atoms with Gasteiger partial charge in [-0.05, 0) is 44.4 Å². The molecule has 0 unspecified atom stereocenters. The number of anilines is 2. The SMILES string of the molecule is CC1(C)C(=O)Nc2cc(NC(=O)CCCCCBr)ccc21. The smallest absolute Gasteiger partial charge is 0.234 e. The van der Waals surface area contributed by atoms with Gasteiger partial charge in [0, 0.05) is 23.1 Å². The Balaban J connectivity index is 1.96.